The van der Waals surface area contributed by atoms with Crippen LogP contribution in [0.1, 0.15) is 35.8 Å². The third-order valence-electron chi connectivity index (χ3n) is 2.39. The van der Waals surface area contributed by atoms with Crippen molar-refractivity contribution in [1.82, 2.24) is 19.1 Å². The second-order valence-corrected chi connectivity index (χ2v) is 4.39. The molecule has 6 heteroatoms. The quantitative estimate of drug-likeness (QED) is 0.877. The lowest BCUT2D eigenvalue weighted by molar-refractivity contribution is 0.207. The molecule has 0 aliphatic heterocycles. The maximum atomic E-state index is 10.2. The summed E-state index contributed by atoms with van der Waals surface area (Å²) in [7, 11) is 0. The molecule has 0 fully saturated rings. The van der Waals surface area contributed by atoms with E-state index in [1.54, 1.807) is 6.20 Å². The van der Waals surface area contributed by atoms with Gasteiger partial charge >= 0.3 is 0 Å². The van der Waals surface area contributed by atoms with Gasteiger partial charge in [0.15, 0.2) is 0 Å². The Morgan fingerprint density at radius 3 is 3.00 bits per heavy atom. The SMILES string of the molecule is CCCn1ccnc1C(O)c1snnc1C. The molecule has 5 nitrogen and oxygen atoms in total. The van der Waals surface area contributed by atoms with Gasteiger partial charge in [0.2, 0.25) is 0 Å². The lowest BCUT2D eigenvalue weighted by Crippen LogP contribution is -2.09. The minimum Gasteiger partial charge on any atom is -0.379 e. The molecular formula is C10H14N4OS. The zero-order valence-corrected chi connectivity index (χ0v) is 10.1. The first kappa shape index (κ1) is 11.2. The number of aromatic nitrogens is 4. The normalized spacial score (nSPS) is 12.9. The Bertz CT molecular complexity index is 465. The van der Waals surface area contributed by atoms with Gasteiger partial charge in [-0.2, -0.15) is 0 Å². The molecule has 1 unspecified atom stereocenters. The predicted molar refractivity (Wildman–Crippen MR) is 61.2 cm³/mol. The molecular weight excluding hydrogens is 224 g/mol. The van der Waals surface area contributed by atoms with Crippen molar-refractivity contribution in [2.45, 2.75) is 32.9 Å². The lowest BCUT2D eigenvalue weighted by atomic mass is 10.2. The van der Waals surface area contributed by atoms with Crippen molar-refractivity contribution in [1.29, 1.82) is 0 Å². The number of imidazole rings is 1. The number of aliphatic hydroxyl groups is 1. The molecule has 86 valence electrons. The monoisotopic (exact) mass is 238 g/mol. The fourth-order valence-corrected chi connectivity index (χ4v) is 2.23. The van der Waals surface area contributed by atoms with E-state index in [-0.39, 0.29) is 0 Å². The number of aryl methyl sites for hydroxylation is 2. The highest BCUT2D eigenvalue weighted by molar-refractivity contribution is 7.05. The highest BCUT2D eigenvalue weighted by Crippen LogP contribution is 2.25. The first-order valence-corrected chi connectivity index (χ1v) is 5.99. The smallest absolute Gasteiger partial charge is 0.149 e. The maximum Gasteiger partial charge on any atom is 0.149 e. The molecule has 2 rings (SSSR count). The zero-order chi connectivity index (χ0) is 11.5. The summed E-state index contributed by atoms with van der Waals surface area (Å²) >= 11 is 1.22. The minimum absolute atomic E-state index is 0.663. The van der Waals surface area contributed by atoms with Crippen molar-refractivity contribution in [2.24, 2.45) is 0 Å². The molecule has 2 aromatic heterocycles. The van der Waals surface area contributed by atoms with Crippen LogP contribution < -0.4 is 0 Å². The standard InChI is InChI=1S/C10H14N4OS/c1-3-5-14-6-4-11-10(14)8(15)9-7(2)12-13-16-9/h4,6,8,15H,3,5H2,1-2H3. The number of rotatable bonds is 4. The van der Waals surface area contributed by atoms with Crippen molar-refractivity contribution in [3.05, 3.63) is 28.8 Å². The average molecular weight is 238 g/mol. The molecule has 0 aliphatic carbocycles. The number of nitrogens with zero attached hydrogens (tertiary/aromatic N) is 4. The highest BCUT2D eigenvalue weighted by atomic mass is 32.1. The van der Waals surface area contributed by atoms with E-state index in [0.717, 1.165) is 23.5 Å². The second-order valence-electron chi connectivity index (χ2n) is 3.60. The molecule has 1 N–H and O–H groups in total. The van der Waals surface area contributed by atoms with E-state index >= 15 is 0 Å². The molecule has 0 amide bonds. The van der Waals surface area contributed by atoms with Gasteiger partial charge in [-0.05, 0) is 24.9 Å². The summed E-state index contributed by atoms with van der Waals surface area (Å²) in [5.41, 5.74) is 0.767. The third kappa shape index (κ3) is 1.98. The topological polar surface area (TPSA) is 63.8 Å². The number of aliphatic hydroxyl groups excluding tert-OH is 1. The fourth-order valence-electron chi connectivity index (χ4n) is 1.60. The summed E-state index contributed by atoms with van der Waals surface area (Å²) < 4.78 is 5.79. The van der Waals surface area contributed by atoms with Crippen molar-refractivity contribution < 1.29 is 5.11 Å². The first-order valence-electron chi connectivity index (χ1n) is 5.22. The molecule has 0 saturated heterocycles. The van der Waals surface area contributed by atoms with Crippen LogP contribution in [0.3, 0.4) is 0 Å². The van der Waals surface area contributed by atoms with Crippen LogP contribution in [-0.4, -0.2) is 24.2 Å². The van der Waals surface area contributed by atoms with Crippen molar-refractivity contribution in [3.63, 3.8) is 0 Å². The largest absolute Gasteiger partial charge is 0.379 e. The molecule has 16 heavy (non-hydrogen) atoms. The minimum atomic E-state index is -0.721. The van der Waals surface area contributed by atoms with Crippen LogP contribution >= 0.6 is 11.5 Å². The maximum absolute atomic E-state index is 10.2. The van der Waals surface area contributed by atoms with Crippen molar-refractivity contribution in [2.75, 3.05) is 0 Å². The summed E-state index contributed by atoms with van der Waals surface area (Å²) in [5.74, 6) is 0.663. The number of hydrogen-bond donors (Lipinski definition) is 1. The van der Waals surface area contributed by atoms with Gasteiger partial charge in [0, 0.05) is 18.9 Å². The summed E-state index contributed by atoms with van der Waals surface area (Å²) in [6.07, 6.45) is 3.88. The van der Waals surface area contributed by atoms with E-state index < -0.39 is 6.10 Å². The van der Waals surface area contributed by atoms with Gasteiger partial charge < -0.3 is 9.67 Å². The molecule has 0 bridgehead atoms. The van der Waals surface area contributed by atoms with Gasteiger partial charge in [0.1, 0.15) is 11.9 Å². The van der Waals surface area contributed by atoms with E-state index in [4.69, 9.17) is 0 Å². The Kier molecular flexibility index (Phi) is 3.31. The van der Waals surface area contributed by atoms with Crippen LogP contribution in [0.15, 0.2) is 12.4 Å². The Labute approximate surface area is 97.9 Å². The summed E-state index contributed by atoms with van der Waals surface area (Å²) in [4.78, 5) is 4.96. The van der Waals surface area contributed by atoms with Crippen LogP contribution in [0.2, 0.25) is 0 Å². The Morgan fingerprint density at radius 2 is 2.38 bits per heavy atom. The van der Waals surface area contributed by atoms with Gasteiger partial charge in [0.25, 0.3) is 0 Å². The summed E-state index contributed by atoms with van der Waals surface area (Å²) in [6.45, 7) is 4.79. The molecule has 0 aromatic carbocycles. The number of hydrogen-bond acceptors (Lipinski definition) is 5. The molecule has 0 saturated carbocycles. The van der Waals surface area contributed by atoms with E-state index in [0.29, 0.717) is 5.82 Å². The zero-order valence-electron chi connectivity index (χ0n) is 9.29. The van der Waals surface area contributed by atoms with Crippen LogP contribution in [0.25, 0.3) is 0 Å². The second kappa shape index (κ2) is 4.71. The molecule has 1 atom stereocenters. The third-order valence-corrected chi connectivity index (χ3v) is 3.27. The Hall–Kier alpha value is -1.27. The van der Waals surface area contributed by atoms with E-state index in [9.17, 15) is 5.11 Å². The van der Waals surface area contributed by atoms with Gasteiger partial charge in [-0.25, -0.2) is 4.98 Å². The van der Waals surface area contributed by atoms with Crippen LogP contribution in [0, 0.1) is 6.92 Å². The average Bonchev–Trinajstić information content (AvgIpc) is 2.87. The first-order chi connectivity index (χ1) is 7.74. The highest BCUT2D eigenvalue weighted by Gasteiger charge is 2.20. The van der Waals surface area contributed by atoms with E-state index in [2.05, 4.69) is 21.5 Å². The molecule has 0 spiro atoms. The molecule has 0 aliphatic rings. The molecule has 2 aromatic rings. The summed E-state index contributed by atoms with van der Waals surface area (Å²) in [6, 6.07) is 0. The van der Waals surface area contributed by atoms with Crippen LogP contribution in [0.4, 0.5) is 0 Å². The van der Waals surface area contributed by atoms with Gasteiger partial charge in [-0.1, -0.05) is 11.4 Å². The van der Waals surface area contributed by atoms with Gasteiger partial charge in [-0.15, -0.1) is 5.10 Å². The Balaban J connectivity index is 2.30. The van der Waals surface area contributed by atoms with Crippen molar-refractivity contribution in [3.8, 4) is 0 Å². The van der Waals surface area contributed by atoms with Gasteiger partial charge in [0.05, 0.1) is 10.6 Å². The predicted octanol–water partition coefficient (Wildman–Crippen LogP) is 1.53. The molecule has 2 heterocycles. The van der Waals surface area contributed by atoms with Crippen LogP contribution in [-0.2, 0) is 6.54 Å². The lowest BCUT2D eigenvalue weighted by Gasteiger charge is -2.11. The van der Waals surface area contributed by atoms with E-state index in [1.165, 1.54) is 11.5 Å². The van der Waals surface area contributed by atoms with Gasteiger partial charge in [-0.3, -0.25) is 0 Å². The fraction of sp³-hybridized carbons (Fsp3) is 0.500. The van der Waals surface area contributed by atoms with E-state index in [1.807, 2.05) is 17.7 Å². The molecule has 0 radical (unpaired) electrons. The summed E-state index contributed by atoms with van der Waals surface area (Å²) in [5, 5.41) is 14.1. The Morgan fingerprint density at radius 1 is 1.56 bits per heavy atom. The van der Waals surface area contributed by atoms with Crippen LogP contribution in [0.5, 0.6) is 0 Å². The van der Waals surface area contributed by atoms with Crippen molar-refractivity contribution >= 4 is 11.5 Å².